The van der Waals surface area contributed by atoms with Crippen LogP contribution in [0, 0.1) is 0 Å². The summed E-state index contributed by atoms with van der Waals surface area (Å²) in [4.78, 5) is 4.19. The molecule has 0 spiro atoms. The van der Waals surface area contributed by atoms with Gasteiger partial charge < -0.3 is 4.90 Å². The first kappa shape index (κ1) is 19.0. The highest BCUT2D eigenvalue weighted by Crippen LogP contribution is 2.25. The van der Waals surface area contributed by atoms with E-state index in [0.717, 1.165) is 36.1 Å². The first-order valence-corrected chi connectivity index (χ1v) is 11.7. The van der Waals surface area contributed by atoms with Crippen LogP contribution in [0.3, 0.4) is 0 Å². The van der Waals surface area contributed by atoms with Crippen molar-refractivity contribution < 1.29 is 8.42 Å². The molecule has 1 aliphatic rings. The molecule has 0 aliphatic carbocycles. The van der Waals surface area contributed by atoms with E-state index in [1.807, 2.05) is 19.1 Å². The fourth-order valence-corrected chi connectivity index (χ4v) is 5.94. The van der Waals surface area contributed by atoms with Crippen molar-refractivity contribution in [3.63, 3.8) is 0 Å². The Morgan fingerprint density at radius 2 is 1.92 bits per heavy atom. The number of piperazine rings is 1. The number of hydrogen-bond donors (Lipinski definition) is 0. The predicted molar refractivity (Wildman–Crippen MR) is 107 cm³/mol. The molecule has 1 aromatic heterocycles. The molecule has 1 aromatic carbocycles. The van der Waals surface area contributed by atoms with Gasteiger partial charge in [-0.2, -0.15) is 4.31 Å². The fraction of sp³-hybridized carbons (Fsp3) is 0.444. The zero-order valence-corrected chi connectivity index (χ0v) is 17.5. The summed E-state index contributed by atoms with van der Waals surface area (Å²) in [6, 6.07) is 9.67. The van der Waals surface area contributed by atoms with E-state index >= 15 is 0 Å². The number of benzene rings is 1. The molecule has 4 nitrogen and oxygen atoms in total. The van der Waals surface area contributed by atoms with Gasteiger partial charge in [0, 0.05) is 42.1 Å². The molecule has 136 valence electrons. The predicted octanol–water partition coefficient (Wildman–Crippen LogP) is 3.62. The number of rotatable bonds is 6. The molecule has 0 amide bonds. The van der Waals surface area contributed by atoms with Gasteiger partial charge in [-0.25, -0.2) is 8.42 Å². The molecule has 1 aliphatic heterocycles. The second kappa shape index (κ2) is 8.31. The Kier molecular flexibility index (Phi) is 6.33. The fourth-order valence-electron chi connectivity index (χ4n) is 3.13. The van der Waals surface area contributed by atoms with Gasteiger partial charge in [0.05, 0.1) is 4.90 Å². The SMILES string of the molecule is CCc1cc(Br)ccc1S(=O)(=O)N1CCN(CCc2cccs2)CC1. The Bertz CT molecular complexity index is 798. The Balaban J connectivity index is 1.63. The van der Waals surface area contributed by atoms with Crippen LogP contribution in [0.4, 0.5) is 0 Å². The first-order chi connectivity index (χ1) is 12.0. The monoisotopic (exact) mass is 442 g/mol. The van der Waals surface area contributed by atoms with Gasteiger partial charge in [0.2, 0.25) is 10.0 Å². The van der Waals surface area contributed by atoms with Gasteiger partial charge in [-0.15, -0.1) is 11.3 Å². The third-order valence-electron chi connectivity index (χ3n) is 4.61. The topological polar surface area (TPSA) is 40.6 Å². The molecule has 1 fully saturated rings. The van der Waals surface area contributed by atoms with Crippen LogP contribution in [0.1, 0.15) is 17.4 Å². The smallest absolute Gasteiger partial charge is 0.243 e. The maximum atomic E-state index is 13.0. The molecule has 2 heterocycles. The van der Waals surface area contributed by atoms with Crippen molar-refractivity contribution in [3.8, 4) is 0 Å². The van der Waals surface area contributed by atoms with Crippen LogP contribution >= 0.6 is 27.3 Å². The lowest BCUT2D eigenvalue weighted by Crippen LogP contribution is -2.49. The third kappa shape index (κ3) is 4.52. The van der Waals surface area contributed by atoms with Crippen molar-refractivity contribution in [3.05, 3.63) is 50.6 Å². The summed E-state index contributed by atoms with van der Waals surface area (Å²) in [5, 5.41) is 2.10. The Labute approximate surface area is 162 Å². The number of aryl methyl sites for hydroxylation is 1. The van der Waals surface area contributed by atoms with E-state index in [4.69, 9.17) is 0 Å². The molecule has 0 bridgehead atoms. The molecule has 0 unspecified atom stereocenters. The summed E-state index contributed by atoms with van der Waals surface area (Å²) in [5.41, 5.74) is 0.870. The second-order valence-electron chi connectivity index (χ2n) is 6.18. The van der Waals surface area contributed by atoms with Crippen molar-refractivity contribution in [2.24, 2.45) is 0 Å². The van der Waals surface area contributed by atoms with E-state index < -0.39 is 10.0 Å². The zero-order valence-electron chi connectivity index (χ0n) is 14.3. The molecule has 2 aromatic rings. The summed E-state index contributed by atoms with van der Waals surface area (Å²) < 4.78 is 28.6. The van der Waals surface area contributed by atoms with Crippen molar-refractivity contribution in [1.29, 1.82) is 0 Å². The van der Waals surface area contributed by atoms with Crippen molar-refractivity contribution >= 4 is 37.3 Å². The maximum absolute atomic E-state index is 13.0. The normalized spacial score (nSPS) is 17.0. The van der Waals surface area contributed by atoms with E-state index in [-0.39, 0.29) is 0 Å². The molecule has 3 rings (SSSR count). The lowest BCUT2D eigenvalue weighted by molar-refractivity contribution is 0.190. The van der Waals surface area contributed by atoms with Gasteiger partial charge >= 0.3 is 0 Å². The van der Waals surface area contributed by atoms with Gasteiger partial charge in [0.15, 0.2) is 0 Å². The highest BCUT2D eigenvalue weighted by molar-refractivity contribution is 9.10. The van der Waals surface area contributed by atoms with Crippen molar-refractivity contribution in [1.82, 2.24) is 9.21 Å². The zero-order chi connectivity index (χ0) is 17.9. The minimum Gasteiger partial charge on any atom is -0.300 e. The summed E-state index contributed by atoms with van der Waals surface area (Å²) >= 11 is 5.21. The lowest BCUT2D eigenvalue weighted by Gasteiger charge is -2.34. The van der Waals surface area contributed by atoms with Crippen molar-refractivity contribution in [2.45, 2.75) is 24.7 Å². The minimum absolute atomic E-state index is 0.449. The summed E-state index contributed by atoms with van der Waals surface area (Å²) in [6.45, 7) is 5.69. The number of hydrogen-bond acceptors (Lipinski definition) is 4. The number of nitrogens with zero attached hydrogens (tertiary/aromatic N) is 2. The van der Waals surface area contributed by atoms with Gasteiger partial charge in [-0.1, -0.05) is 28.9 Å². The number of thiophene rings is 1. The van der Waals surface area contributed by atoms with Gasteiger partial charge in [0.25, 0.3) is 0 Å². The van der Waals surface area contributed by atoms with Crippen molar-refractivity contribution in [2.75, 3.05) is 32.7 Å². The highest BCUT2D eigenvalue weighted by atomic mass is 79.9. The van der Waals surface area contributed by atoms with Crippen LogP contribution in [0.15, 0.2) is 45.1 Å². The largest absolute Gasteiger partial charge is 0.300 e. The van der Waals surface area contributed by atoms with E-state index in [1.54, 1.807) is 21.7 Å². The minimum atomic E-state index is -3.42. The molecule has 25 heavy (non-hydrogen) atoms. The molecule has 1 saturated heterocycles. The van der Waals surface area contributed by atoms with Crippen LogP contribution in [0.25, 0.3) is 0 Å². The average molecular weight is 443 g/mol. The van der Waals surface area contributed by atoms with Gasteiger partial charge in [0.1, 0.15) is 0 Å². The molecule has 0 radical (unpaired) electrons. The molecular weight excluding hydrogens is 420 g/mol. The van der Waals surface area contributed by atoms with Crippen LogP contribution in [-0.4, -0.2) is 50.3 Å². The number of halogens is 1. The van der Waals surface area contributed by atoms with Crippen LogP contribution in [0.5, 0.6) is 0 Å². The van der Waals surface area contributed by atoms with E-state index in [9.17, 15) is 8.42 Å². The summed E-state index contributed by atoms with van der Waals surface area (Å²) in [5.74, 6) is 0. The van der Waals surface area contributed by atoms with E-state index in [1.165, 1.54) is 4.88 Å². The molecule has 7 heteroatoms. The van der Waals surface area contributed by atoms with Crippen LogP contribution in [-0.2, 0) is 22.9 Å². The van der Waals surface area contributed by atoms with E-state index in [0.29, 0.717) is 24.4 Å². The van der Waals surface area contributed by atoms with Gasteiger partial charge in [-0.3, -0.25) is 0 Å². The quantitative estimate of drug-likeness (QED) is 0.685. The standard InChI is InChI=1S/C18H23BrN2O2S2/c1-2-15-14-16(19)5-6-18(15)25(22,23)21-11-9-20(10-12-21)8-7-17-4-3-13-24-17/h3-6,13-14H,2,7-12H2,1H3. The van der Waals surface area contributed by atoms with E-state index in [2.05, 4.69) is 38.3 Å². The Morgan fingerprint density at radius 1 is 1.16 bits per heavy atom. The second-order valence-corrected chi connectivity index (χ2v) is 10.0. The van der Waals surface area contributed by atoms with Crippen LogP contribution in [0.2, 0.25) is 0 Å². The molecule has 0 atom stereocenters. The Hall–Kier alpha value is -0.730. The average Bonchev–Trinajstić information content (AvgIpc) is 3.13. The highest BCUT2D eigenvalue weighted by Gasteiger charge is 2.29. The maximum Gasteiger partial charge on any atom is 0.243 e. The molecule has 0 saturated carbocycles. The lowest BCUT2D eigenvalue weighted by atomic mass is 10.2. The summed E-state index contributed by atoms with van der Waals surface area (Å²) in [6.07, 6.45) is 1.74. The summed E-state index contributed by atoms with van der Waals surface area (Å²) in [7, 11) is -3.42. The molecular formula is C18H23BrN2O2S2. The Morgan fingerprint density at radius 3 is 2.56 bits per heavy atom. The van der Waals surface area contributed by atoms with Crippen LogP contribution < -0.4 is 0 Å². The molecule has 0 N–H and O–H groups in total. The van der Waals surface area contributed by atoms with Gasteiger partial charge in [-0.05, 0) is 48.1 Å². The first-order valence-electron chi connectivity index (χ1n) is 8.54. The third-order valence-corrected chi connectivity index (χ3v) is 8.04. The number of sulfonamides is 1.